The molecule has 0 aliphatic carbocycles. The topological polar surface area (TPSA) is 12.4 Å². The molecule has 0 bridgehead atoms. The van der Waals surface area contributed by atoms with Gasteiger partial charge < -0.3 is 0 Å². The Labute approximate surface area is 206 Å². The van der Waals surface area contributed by atoms with Crippen molar-refractivity contribution in [3.8, 4) is 0 Å². The summed E-state index contributed by atoms with van der Waals surface area (Å²) in [6.45, 7) is 9.06. The number of rotatable bonds is 8. The minimum Gasteiger partial charge on any atom is -0.252 e. The average molecular weight is 464 g/mol. The van der Waals surface area contributed by atoms with E-state index in [1.165, 1.54) is 27.3 Å². The van der Waals surface area contributed by atoms with Crippen molar-refractivity contribution in [2.24, 2.45) is 4.99 Å². The summed E-state index contributed by atoms with van der Waals surface area (Å²) in [5, 5.41) is 2.77. The van der Waals surface area contributed by atoms with Gasteiger partial charge in [-0.1, -0.05) is 137 Å². The Kier molecular flexibility index (Phi) is 8.09. The summed E-state index contributed by atoms with van der Waals surface area (Å²) in [6.07, 6.45) is 0.900. The van der Waals surface area contributed by atoms with Crippen LogP contribution in [0.5, 0.6) is 0 Å². The molecule has 0 N–H and O–H groups in total. The van der Waals surface area contributed by atoms with E-state index >= 15 is 0 Å². The molecule has 0 aromatic heterocycles. The van der Waals surface area contributed by atoms with Gasteiger partial charge in [0.05, 0.1) is 11.4 Å². The summed E-state index contributed by atoms with van der Waals surface area (Å²) in [5.74, 6) is 0.832. The van der Waals surface area contributed by atoms with Gasteiger partial charge in [0, 0.05) is 6.16 Å². The van der Waals surface area contributed by atoms with E-state index in [4.69, 9.17) is 4.99 Å². The van der Waals surface area contributed by atoms with Gasteiger partial charge in [0.15, 0.2) is 0 Å². The maximum absolute atomic E-state index is 5.49. The minimum absolute atomic E-state index is 0.416. The maximum atomic E-state index is 5.49. The monoisotopic (exact) mass is 463 g/mol. The van der Waals surface area contributed by atoms with Crippen LogP contribution >= 0.6 is 7.92 Å². The van der Waals surface area contributed by atoms with Crippen molar-refractivity contribution in [2.75, 3.05) is 6.16 Å². The highest BCUT2D eigenvalue weighted by atomic mass is 31.1. The van der Waals surface area contributed by atoms with Gasteiger partial charge in [0.25, 0.3) is 0 Å². The Bertz CT molecular complexity index is 1150. The van der Waals surface area contributed by atoms with Crippen LogP contribution in [0.15, 0.2) is 114 Å². The van der Waals surface area contributed by atoms with Crippen LogP contribution in [0.2, 0.25) is 0 Å². The molecular weight excluding hydrogens is 429 g/mol. The first-order valence-corrected chi connectivity index (χ1v) is 13.7. The predicted octanol–water partition coefficient (Wildman–Crippen LogP) is 8.19. The summed E-state index contributed by atoms with van der Waals surface area (Å²) in [5.41, 5.74) is 6.17. The number of hydrogen-bond donors (Lipinski definition) is 0. The van der Waals surface area contributed by atoms with Crippen molar-refractivity contribution in [1.82, 2.24) is 0 Å². The van der Waals surface area contributed by atoms with Crippen molar-refractivity contribution < 1.29 is 0 Å². The smallest absolute Gasteiger partial charge is 0.0702 e. The largest absolute Gasteiger partial charge is 0.252 e. The number of hydrogen-bond acceptors (Lipinski definition) is 1. The third-order valence-electron chi connectivity index (χ3n) is 6.14. The van der Waals surface area contributed by atoms with Crippen LogP contribution in [0.1, 0.15) is 56.2 Å². The molecule has 2 heteroatoms. The fraction of sp³-hybridized carbons (Fsp3) is 0.219. The Balaban J connectivity index is 1.89. The maximum Gasteiger partial charge on any atom is 0.0702 e. The fourth-order valence-electron chi connectivity index (χ4n) is 4.29. The normalized spacial score (nSPS) is 12.0. The zero-order valence-corrected chi connectivity index (χ0v) is 21.5. The van der Waals surface area contributed by atoms with Crippen molar-refractivity contribution >= 4 is 29.9 Å². The van der Waals surface area contributed by atoms with Gasteiger partial charge in [-0.05, 0) is 47.1 Å². The molecule has 4 aromatic rings. The Morgan fingerprint density at radius 1 is 0.588 bits per heavy atom. The molecule has 0 heterocycles. The highest BCUT2D eigenvalue weighted by Gasteiger charge is 2.20. The molecule has 4 aromatic carbocycles. The lowest BCUT2D eigenvalue weighted by Gasteiger charge is -2.22. The second kappa shape index (κ2) is 11.4. The SMILES string of the molecule is CC(C)c1cccc(C(C)C)c1N=C(CP(c1ccccc1)c1ccccc1)c1ccccc1. The first kappa shape index (κ1) is 24.1. The van der Waals surface area contributed by atoms with E-state index in [2.05, 4.69) is 137 Å². The van der Waals surface area contributed by atoms with E-state index in [1.807, 2.05) is 0 Å². The zero-order valence-electron chi connectivity index (χ0n) is 20.6. The molecule has 4 rings (SSSR count). The molecule has 172 valence electrons. The Morgan fingerprint density at radius 2 is 1.03 bits per heavy atom. The van der Waals surface area contributed by atoms with Gasteiger partial charge in [-0.25, -0.2) is 0 Å². The van der Waals surface area contributed by atoms with Crippen LogP contribution in [0.25, 0.3) is 0 Å². The molecule has 0 amide bonds. The third kappa shape index (κ3) is 5.72. The third-order valence-corrected chi connectivity index (χ3v) is 8.60. The second-order valence-corrected chi connectivity index (χ2v) is 11.5. The van der Waals surface area contributed by atoms with Gasteiger partial charge in [-0.3, -0.25) is 4.99 Å². The van der Waals surface area contributed by atoms with E-state index < -0.39 is 7.92 Å². The lowest BCUT2D eigenvalue weighted by molar-refractivity contribution is 0.834. The number of benzene rings is 4. The first-order valence-electron chi connectivity index (χ1n) is 12.2. The van der Waals surface area contributed by atoms with Crippen LogP contribution in [-0.2, 0) is 0 Å². The molecule has 0 aliphatic heterocycles. The summed E-state index contributed by atoms with van der Waals surface area (Å²) in [4.78, 5) is 5.49. The predicted molar refractivity (Wildman–Crippen MR) is 151 cm³/mol. The lowest BCUT2D eigenvalue weighted by atomic mass is 9.93. The molecule has 0 saturated heterocycles. The van der Waals surface area contributed by atoms with Gasteiger partial charge >= 0.3 is 0 Å². The quantitative estimate of drug-likeness (QED) is 0.184. The highest BCUT2D eigenvalue weighted by Crippen LogP contribution is 2.38. The van der Waals surface area contributed by atoms with Gasteiger partial charge in [0.2, 0.25) is 0 Å². The molecule has 34 heavy (non-hydrogen) atoms. The Hall–Kier alpha value is -3.02. The Morgan fingerprint density at radius 3 is 1.47 bits per heavy atom. The van der Waals surface area contributed by atoms with Crippen LogP contribution in [-0.4, -0.2) is 11.9 Å². The van der Waals surface area contributed by atoms with E-state index in [1.54, 1.807) is 0 Å². The summed E-state index contributed by atoms with van der Waals surface area (Å²) >= 11 is 0. The van der Waals surface area contributed by atoms with Crippen LogP contribution < -0.4 is 10.6 Å². The van der Waals surface area contributed by atoms with Crippen LogP contribution in [0, 0.1) is 0 Å². The van der Waals surface area contributed by atoms with Crippen LogP contribution in [0.3, 0.4) is 0 Å². The molecule has 1 nitrogen and oxygen atoms in total. The van der Waals surface area contributed by atoms with Crippen molar-refractivity contribution in [2.45, 2.75) is 39.5 Å². The zero-order chi connectivity index (χ0) is 23.9. The van der Waals surface area contributed by atoms with E-state index in [0.29, 0.717) is 11.8 Å². The van der Waals surface area contributed by atoms with Crippen LogP contribution in [0.4, 0.5) is 5.69 Å². The summed E-state index contributed by atoms with van der Waals surface area (Å²) in [6, 6.07) is 39.3. The number of nitrogens with zero attached hydrogens (tertiary/aromatic N) is 1. The van der Waals surface area contributed by atoms with Crippen molar-refractivity contribution in [3.63, 3.8) is 0 Å². The molecule has 0 aliphatic rings. The molecule has 0 fully saturated rings. The van der Waals surface area contributed by atoms with E-state index in [-0.39, 0.29) is 0 Å². The molecule has 0 atom stereocenters. The minimum atomic E-state index is -0.591. The number of aliphatic imine (C=N–C) groups is 1. The standard InChI is InChI=1S/C32H34NP/c1-24(2)29-21-14-22-30(25(3)4)32(29)33-31(26-15-8-5-9-16-26)23-34(27-17-10-6-11-18-27)28-19-12-7-13-20-28/h5-22,24-25H,23H2,1-4H3. The van der Waals surface area contributed by atoms with Crippen molar-refractivity contribution in [3.05, 3.63) is 126 Å². The van der Waals surface area contributed by atoms with Gasteiger partial charge in [-0.2, -0.15) is 0 Å². The molecule has 0 unspecified atom stereocenters. The van der Waals surface area contributed by atoms with Crippen molar-refractivity contribution in [1.29, 1.82) is 0 Å². The summed E-state index contributed by atoms with van der Waals surface area (Å²) < 4.78 is 0. The summed E-state index contributed by atoms with van der Waals surface area (Å²) in [7, 11) is -0.591. The number of para-hydroxylation sites is 1. The second-order valence-electron chi connectivity index (χ2n) is 9.28. The van der Waals surface area contributed by atoms with E-state index in [9.17, 15) is 0 Å². The molecular formula is C32H34NP. The highest BCUT2D eigenvalue weighted by molar-refractivity contribution is 7.73. The molecule has 0 saturated carbocycles. The van der Waals surface area contributed by atoms with Gasteiger partial charge in [0.1, 0.15) is 0 Å². The molecule has 0 radical (unpaired) electrons. The van der Waals surface area contributed by atoms with Gasteiger partial charge in [-0.15, -0.1) is 0 Å². The fourth-order valence-corrected chi connectivity index (χ4v) is 6.57. The lowest BCUT2D eigenvalue weighted by Crippen LogP contribution is -2.19. The molecule has 0 spiro atoms. The van der Waals surface area contributed by atoms with E-state index in [0.717, 1.165) is 17.6 Å². The average Bonchev–Trinajstić information content (AvgIpc) is 2.87. The first-order chi connectivity index (χ1) is 16.5.